The molecule has 2 aromatic rings. The van der Waals surface area contributed by atoms with E-state index >= 15 is 0 Å². The lowest BCUT2D eigenvalue weighted by atomic mass is 9.82. The summed E-state index contributed by atoms with van der Waals surface area (Å²) < 4.78 is 0. The number of halogens is 1. The Balaban J connectivity index is 0.00000320. The van der Waals surface area contributed by atoms with E-state index in [2.05, 4.69) is 59.7 Å². The highest BCUT2D eigenvalue weighted by atomic mass is 127. The topological polar surface area (TPSA) is 56.7 Å². The van der Waals surface area contributed by atoms with Crippen molar-refractivity contribution < 1.29 is 4.79 Å². The van der Waals surface area contributed by atoms with Crippen molar-refractivity contribution in [2.24, 2.45) is 10.9 Å². The maximum absolute atomic E-state index is 11.9. The molecule has 162 valence electrons. The summed E-state index contributed by atoms with van der Waals surface area (Å²) in [6, 6.07) is 18.5. The zero-order chi connectivity index (χ0) is 20.6. The lowest BCUT2D eigenvalue weighted by Crippen LogP contribution is -2.48. The van der Waals surface area contributed by atoms with E-state index in [4.69, 9.17) is 4.99 Å². The fraction of sp³-hybridized carbons (Fsp3) is 0.417. The van der Waals surface area contributed by atoms with Gasteiger partial charge in [-0.3, -0.25) is 4.79 Å². The summed E-state index contributed by atoms with van der Waals surface area (Å²) in [7, 11) is 1.65. The molecule has 1 heterocycles. The van der Waals surface area contributed by atoms with Gasteiger partial charge in [0.05, 0.1) is 6.54 Å². The van der Waals surface area contributed by atoms with Crippen molar-refractivity contribution >= 4 is 35.8 Å². The highest BCUT2D eigenvalue weighted by Gasteiger charge is 2.28. The molecule has 0 aliphatic carbocycles. The van der Waals surface area contributed by atoms with Crippen LogP contribution in [0, 0.1) is 5.92 Å². The van der Waals surface area contributed by atoms with Gasteiger partial charge in [-0.25, -0.2) is 4.99 Å². The monoisotopic (exact) mass is 520 g/mol. The average molecular weight is 520 g/mol. The van der Waals surface area contributed by atoms with Gasteiger partial charge in [-0.05, 0) is 48.4 Å². The Bertz CT molecular complexity index is 840. The van der Waals surface area contributed by atoms with E-state index in [1.54, 1.807) is 7.05 Å². The predicted molar refractivity (Wildman–Crippen MR) is 135 cm³/mol. The third-order valence-electron chi connectivity index (χ3n) is 5.60. The molecule has 1 saturated heterocycles. The second-order valence-electron chi connectivity index (χ2n) is 7.68. The van der Waals surface area contributed by atoms with Crippen LogP contribution < -0.4 is 10.6 Å². The van der Waals surface area contributed by atoms with Crippen molar-refractivity contribution in [1.29, 1.82) is 0 Å². The van der Waals surface area contributed by atoms with Crippen LogP contribution in [0.4, 0.5) is 0 Å². The van der Waals surface area contributed by atoms with Crippen molar-refractivity contribution in [1.82, 2.24) is 15.5 Å². The molecule has 1 aliphatic heterocycles. The Morgan fingerprint density at radius 1 is 1.17 bits per heavy atom. The van der Waals surface area contributed by atoms with Crippen molar-refractivity contribution in [2.45, 2.75) is 32.7 Å². The molecule has 6 heteroatoms. The largest absolute Gasteiger partial charge is 0.357 e. The molecular formula is C24H33IN4O. The zero-order valence-electron chi connectivity index (χ0n) is 18.1. The van der Waals surface area contributed by atoms with Crippen LogP contribution in [0.3, 0.4) is 0 Å². The number of carbonyl (C=O) groups is 1. The molecule has 0 spiro atoms. The van der Waals surface area contributed by atoms with Gasteiger partial charge in [-0.1, -0.05) is 49.4 Å². The minimum atomic E-state index is -0.0699. The van der Waals surface area contributed by atoms with Gasteiger partial charge in [0.15, 0.2) is 5.96 Å². The van der Waals surface area contributed by atoms with Crippen LogP contribution in [0.2, 0.25) is 0 Å². The van der Waals surface area contributed by atoms with Gasteiger partial charge in [0, 0.05) is 32.2 Å². The van der Waals surface area contributed by atoms with Crippen molar-refractivity contribution in [3.63, 3.8) is 0 Å². The lowest BCUT2D eigenvalue weighted by molar-refractivity contribution is 0.0963. The Hall–Kier alpha value is -2.09. The Labute approximate surface area is 197 Å². The summed E-state index contributed by atoms with van der Waals surface area (Å²) in [6.45, 7) is 7.81. The van der Waals surface area contributed by atoms with E-state index in [9.17, 15) is 4.79 Å². The van der Waals surface area contributed by atoms with Crippen LogP contribution in [-0.4, -0.2) is 43.4 Å². The van der Waals surface area contributed by atoms with Crippen LogP contribution in [0.15, 0.2) is 59.6 Å². The molecule has 1 aliphatic rings. The molecule has 2 atom stereocenters. The molecule has 0 bridgehead atoms. The molecule has 30 heavy (non-hydrogen) atoms. The minimum Gasteiger partial charge on any atom is -0.357 e. The Kier molecular flexibility index (Phi) is 9.62. The molecule has 3 rings (SSSR count). The third kappa shape index (κ3) is 6.20. The summed E-state index contributed by atoms with van der Waals surface area (Å²) in [5.74, 6) is 2.04. The first-order valence-corrected chi connectivity index (χ1v) is 10.5. The number of benzene rings is 2. The molecular weight excluding hydrogens is 487 g/mol. The van der Waals surface area contributed by atoms with Crippen LogP contribution in [-0.2, 0) is 6.54 Å². The number of nitrogens with zero attached hydrogens (tertiary/aromatic N) is 2. The van der Waals surface area contributed by atoms with E-state index in [1.807, 2.05) is 24.3 Å². The average Bonchev–Trinajstić information content (AvgIpc) is 2.76. The second-order valence-corrected chi connectivity index (χ2v) is 7.68. The van der Waals surface area contributed by atoms with Gasteiger partial charge in [0.1, 0.15) is 0 Å². The minimum absolute atomic E-state index is 0. The van der Waals surface area contributed by atoms with E-state index < -0.39 is 0 Å². The number of rotatable bonds is 5. The van der Waals surface area contributed by atoms with Crippen molar-refractivity contribution in [3.05, 3.63) is 71.3 Å². The molecule has 5 nitrogen and oxygen atoms in total. The predicted octanol–water partition coefficient (Wildman–Crippen LogP) is 4.26. The number of hydrogen-bond donors (Lipinski definition) is 2. The number of aliphatic imine (C=N–C) groups is 1. The zero-order valence-corrected chi connectivity index (χ0v) is 20.4. The fourth-order valence-corrected chi connectivity index (χ4v) is 4.08. The number of hydrogen-bond acceptors (Lipinski definition) is 2. The molecule has 2 aromatic carbocycles. The van der Waals surface area contributed by atoms with Crippen LogP contribution in [0.5, 0.6) is 0 Å². The summed E-state index contributed by atoms with van der Waals surface area (Å²) in [4.78, 5) is 19.1. The fourth-order valence-electron chi connectivity index (χ4n) is 4.08. The van der Waals surface area contributed by atoms with Gasteiger partial charge in [-0.15, -0.1) is 24.0 Å². The number of likely N-dealkylation sites (tertiary alicyclic amines) is 1. The summed E-state index contributed by atoms with van der Waals surface area (Å²) >= 11 is 0. The first-order chi connectivity index (χ1) is 14.1. The summed E-state index contributed by atoms with van der Waals surface area (Å²) in [6.07, 6.45) is 1.13. The van der Waals surface area contributed by atoms with Crippen molar-refractivity contribution in [3.8, 4) is 0 Å². The van der Waals surface area contributed by atoms with Gasteiger partial charge in [-0.2, -0.15) is 0 Å². The van der Waals surface area contributed by atoms with Crippen LogP contribution >= 0.6 is 24.0 Å². The number of amides is 1. The van der Waals surface area contributed by atoms with Gasteiger partial charge < -0.3 is 15.5 Å². The van der Waals surface area contributed by atoms with Crippen LogP contribution in [0.1, 0.15) is 47.7 Å². The first-order valence-electron chi connectivity index (χ1n) is 10.5. The van der Waals surface area contributed by atoms with E-state index in [1.165, 1.54) is 5.56 Å². The molecule has 2 N–H and O–H groups in total. The standard InChI is InChI=1S/C24H32N4O.HI/c1-4-26-24(27-16-19-9-8-12-21(15-19)23(29)25-3)28-14-13-22(18(2)17-28)20-10-6-5-7-11-20;/h5-12,15,18,22H,4,13-14,16-17H2,1-3H3,(H,25,29)(H,26,27);1H. The van der Waals surface area contributed by atoms with Gasteiger partial charge in [0.2, 0.25) is 0 Å². The van der Waals surface area contributed by atoms with Crippen molar-refractivity contribution in [2.75, 3.05) is 26.7 Å². The number of carbonyl (C=O) groups excluding carboxylic acids is 1. The van der Waals surface area contributed by atoms with Gasteiger partial charge in [0.25, 0.3) is 5.91 Å². The maximum Gasteiger partial charge on any atom is 0.251 e. The number of piperidine rings is 1. The first kappa shape index (κ1) is 24.2. The van der Waals surface area contributed by atoms with E-state index in [-0.39, 0.29) is 29.9 Å². The molecule has 2 unspecified atom stereocenters. The lowest BCUT2D eigenvalue weighted by Gasteiger charge is -2.39. The van der Waals surface area contributed by atoms with E-state index in [0.29, 0.717) is 23.9 Å². The maximum atomic E-state index is 11.9. The highest BCUT2D eigenvalue weighted by molar-refractivity contribution is 14.0. The second kappa shape index (κ2) is 11.9. The summed E-state index contributed by atoms with van der Waals surface area (Å²) in [5, 5.41) is 6.12. The van der Waals surface area contributed by atoms with Gasteiger partial charge >= 0.3 is 0 Å². The molecule has 0 aromatic heterocycles. The third-order valence-corrected chi connectivity index (χ3v) is 5.60. The molecule has 0 saturated carbocycles. The summed E-state index contributed by atoms with van der Waals surface area (Å²) in [5.41, 5.74) is 3.14. The Morgan fingerprint density at radius 2 is 1.93 bits per heavy atom. The SMILES string of the molecule is CCNC(=NCc1cccc(C(=O)NC)c1)N1CCC(c2ccccc2)C(C)C1.I. The van der Waals surface area contributed by atoms with Crippen LogP contribution in [0.25, 0.3) is 0 Å². The molecule has 0 radical (unpaired) electrons. The normalized spacial score (nSPS) is 19.0. The number of guanidine groups is 1. The quantitative estimate of drug-likeness (QED) is 0.352. The molecule has 1 fully saturated rings. The molecule has 1 amide bonds. The smallest absolute Gasteiger partial charge is 0.251 e. The van der Waals surface area contributed by atoms with E-state index in [0.717, 1.165) is 37.6 Å². The number of nitrogens with one attached hydrogen (secondary N) is 2. The highest BCUT2D eigenvalue weighted by Crippen LogP contribution is 2.32. The Morgan fingerprint density at radius 3 is 2.60 bits per heavy atom.